The molecule has 1 aromatic rings. The molecule has 23 heavy (non-hydrogen) atoms. The first-order valence-electron chi connectivity index (χ1n) is 7.80. The quantitative estimate of drug-likeness (QED) is 0.619. The van der Waals surface area contributed by atoms with Crippen molar-refractivity contribution in [2.24, 2.45) is 10.9 Å². The number of hydrogen-bond acceptors (Lipinski definition) is 4. The molecule has 1 aromatic carbocycles. The summed E-state index contributed by atoms with van der Waals surface area (Å²) in [6.45, 7) is 1.88. The second-order valence-electron chi connectivity index (χ2n) is 5.78. The van der Waals surface area contributed by atoms with Gasteiger partial charge in [-0.15, -0.1) is 0 Å². The second kappa shape index (κ2) is 8.19. The van der Waals surface area contributed by atoms with Crippen LogP contribution in [0, 0.1) is 5.92 Å². The number of para-hydroxylation sites is 1. The van der Waals surface area contributed by atoms with Crippen LogP contribution in [0.15, 0.2) is 35.3 Å². The SMILES string of the molecule is CN=C(NCC1CCS(=O)(=O)C1)N(C)CCOc1ccccc1. The molecule has 0 amide bonds. The van der Waals surface area contributed by atoms with Gasteiger partial charge in [-0.25, -0.2) is 8.42 Å². The number of nitrogens with zero attached hydrogens (tertiary/aromatic N) is 2. The average Bonchev–Trinajstić information content (AvgIpc) is 2.88. The Balaban J connectivity index is 1.72. The van der Waals surface area contributed by atoms with Crippen LogP contribution in [0.4, 0.5) is 0 Å². The van der Waals surface area contributed by atoms with Gasteiger partial charge in [0.15, 0.2) is 15.8 Å². The zero-order valence-electron chi connectivity index (χ0n) is 13.7. The van der Waals surface area contributed by atoms with Crippen molar-refractivity contribution in [1.29, 1.82) is 0 Å². The maximum atomic E-state index is 11.5. The third kappa shape index (κ3) is 5.74. The Morgan fingerprint density at radius 3 is 2.74 bits per heavy atom. The number of sulfone groups is 1. The molecular weight excluding hydrogens is 314 g/mol. The molecule has 0 aromatic heterocycles. The fraction of sp³-hybridized carbons (Fsp3) is 0.562. The van der Waals surface area contributed by atoms with E-state index in [-0.39, 0.29) is 11.7 Å². The molecule has 0 radical (unpaired) electrons. The lowest BCUT2D eigenvalue weighted by molar-refractivity contribution is 0.281. The van der Waals surface area contributed by atoms with E-state index in [9.17, 15) is 8.42 Å². The van der Waals surface area contributed by atoms with E-state index in [2.05, 4.69) is 10.3 Å². The number of aliphatic imine (C=N–C) groups is 1. The van der Waals surface area contributed by atoms with Crippen LogP contribution in [0.2, 0.25) is 0 Å². The molecule has 1 N–H and O–H groups in total. The molecule has 0 spiro atoms. The van der Waals surface area contributed by atoms with Gasteiger partial charge in [0, 0.05) is 20.6 Å². The van der Waals surface area contributed by atoms with Crippen LogP contribution in [-0.2, 0) is 9.84 Å². The van der Waals surface area contributed by atoms with Gasteiger partial charge >= 0.3 is 0 Å². The molecule has 0 aliphatic carbocycles. The lowest BCUT2D eigenvalue weighted by Gasteiger charge is -2.23. The normalized spacial score (nSPS) is 20.3. The highest BCUT2D eigenvalue weighted by molar-refractivity contribution is 7.91. The largest absolute Gasteiger partial charge is 0.492 e. The summed E-state index contributed by atoms with van der Waals surface area (Å²) in [5.41, 5.74) is 0. The maximum absolute atomic E-state index is 11.5. The highest BCUT2D eigenvalue weighted by Crippen LogP contribution is 2.17. The predicted octanol–water partition coefficient (Wildman–Crippen LogP) is 1.01. The van der Waals surface area contributed by atoms with Crippen LogP contribution in [0.5, 0.6) is 5.75 Å². The van der Waals surface area contributed by atoms with Crippen molar-refractivity contribution in [3.63, 3.8) is 0 Å². The van der Waals surface area contributed by atoms with E-state index in [0.717, 1.165) is 18.1 Å². The van der Waals surface area contributed by atoms with E-state index in [4.69, 9.17) is 4.74 Å². The van der Waals surface area contributed by atoms with Gasteiger partial charge in [0.1, 0.15) is 12.4 Å². The molecule has 1 aliphatic rings. The van der Waals surface area contributed by atoms with Gasteiger partial charge < -0.3 is 15.0 Å². The van der Waals surface area contributed by atoms with Crippen LogP contribution in [0.1, 0.15) is 6.42 Å². The molecule has 0 bridgehead atoms. The van der Waals surface area contributed by atoms with Crippen LogP contribution >= 0.6 is 0 Å². The van der Waals surface area contributed by atoms with Crippen molar-refractivity contribution in [3.8, 4) is 5.75 Å². The summed E-state index contributed by atoms with van der Waals surface area (Å²) in [5, 5.41) is 3.25. The molecule has 0 saturated carbocycles. The summed E-state index contributed by atoms with van der Waals surface area (Å²) in [5.74, 6) is 2.35. The first-order chi connectivity index (χ1) is 11.0. The number of guanidine groups is 1. The Labute approximate surface area is 138 Å². The first-order valence-corrected chi connectivity index (χ1v) is 9.62. The summed E-state index contributed by atoms with van der Waals surface area (Å²) < 4.78 is 28.6. The smallest absolute Gasteiger partial charge is 0.193 e. The minimum Gasteiger partial charge on any atom is -0.492 e. The van der Waals surface area contributed by atoms with Gasteiger partial charge in [-0.05, 0) is 24.5 Å². The molecule has 1 heterocycles. The highest BCUT2D eigenvalue weighted by atomic mass is 32.2. The molecule has 6 nitrogen and oxygen atoms in total. The molecule has 1 aliphatic heterocycles. The van der Waals surface area contributed by atoms with Gasteiger partial charge in [-0.2, -0.15) is 0 Å². The van der Waals surface area contributed by atoms with E-state index < -0.39 is 9.84 Å². The van der Waals surface area contributed by atoms with Gasteiger partial charge in [0.25, 0.3) is 0 Å². The Hall–Kier alpha value is -1.76. The molecule has 1 unspecified atom stereocenters. The molecule has 7 heteroatoms. The van der Waals surface area contributed by atoms with Crippen LogP contribution in [0.25, 0.3) is 0 Å². The van der Waals surface area contributed by atoms with Gasteiger partial charge in [-0.1, -0.05) is 18.2 Å². The summed E-state index contributed by atoms with van der Waals surface area (Å²) >= 11 is 0. The van der Waals surface area contributed by atoms with E-state index in [1.54, 1.807) is 7.05 Å². The van der Waals surface area contributed by atoms with Gasteiger partial charge in [0.2, 0.25) is 0 Å². The molecule has 2 rings (SSSR count). The third-order valence-electron chi connectivity index (χ3n) is 3.89. The zero-order chi connectivity index (χ0) is 16.7. The molecule has 1 fully saturated rings. The Kier molecular flexibility index (Phi) is 6.27. The standard InChI is InChI=1S/C16H25N3O3S/c1-17-16(18-12-14-8-11-23(20,21)13-14)19(2)9-10-22-15-6-4-3-5-7-15/h3-7,14H,8-13H2,1-2H3,(H,17,18). The third-order valence-corrected chi connectivity index (χ3v) is 5.72. The summed E-state index contributed by atoms with van der Waals surface area (Å²) in [6, 6.07) is 9.68. The summed E-state index contributed by atoms with van der Waals surface area (Å²) in [4.78, 5) is 6.22. The highest BCUT2D eigenvalue weighted by Gasteiger charge is 2.27. The number of benzene rings is 1. The van der Waals surface area contributed by atoms with Crippen molar-refractivity contribution in [3.05, 3.63) is 30.3 Å². The van der Waals surface area contributed by atoms with E-state index in [1.165, 1.54) is 0 Å². The number of ether oxygens (including phenoxy) is 1. The Morgan fingerprint density at radius 2 is 2.13 bits per heavy atom. The first kappa shape index (κ1) is 17.6. The van der Waals surface area contributed by atoms with Crippen molar-refractivity contribution >= 4 is 15.8 Å². The maximum Gasteiger partial charge on any atom is 0.193 e. The van der Waals surface area contributed by atoms with Crippen molar-refractivity contribution in [2.75, 3.05) is 45.3 Å². The topological polar surface area (TPSA) is 71.0 Å². The number of hydrogen-bond donors (Lipinski definition) is 1. The predicted molar refractivity (Wildman–Crippen MR) is 92.7 cm³/mol. The van der Waals surface area contributed by atoms with Crippen LogP contribution < -0.4 is 10.1 Å². The fourth-order valence-corrected chi connectivity index (χ4v) is 4.44. The minimum absolute atomic E-state index is 0.172. The van der Waals surface area contributed by atoms with E-state index >= 15 is 0 Å². The lowest BCUT2D eigenvalue weighted by Crippen LogP contribution is -2.42. The Morgan fingerprint density at radius 1 is 1.39 bits per heavy atom. The zero-order valence-corrected chi connectivity index (χ0v) is 14.6. The van der Waals surface area contributed by atoms with Gasteiger partial charge in [0.05, 0.1) is 18.1 Å². The number of likely N-dealkylation sites (N-methyl/N-ethyl adjacent to an activating group) is 1. The average molecular weight is 339 g/mol. The second-order valence-corrected chi connectivity index (χ2v) is 8.01. The van der Waals surface area contributed by atoms with Gasteiger partial charge in [-0.3, -0.25) is 4.99 Å². The minimum atomic E-state index is -2.83. The molecule has 1 atom stereocenters. The van der Waals surface area contributed by atoms with Crippen molar-refractivity contribution < 1.29 is 13.2 Å². The summed E-state index contributed by atoms with van der Waals surface area (Å²) in [7, 11) is 0.835. The van der Waals surface area contributed by atoms with E-state index in [1.807, 2.05) is 42.3 Å². The lowest BCUT2D eigenvalue weighted by atomic mass is 10.1. The summed E-state index contributed by atoms with van der Waals surface area (Å²) in [6.07, 6.45) is 0.729. The number of rotatable bonds is 6. The molecule has 1 saturated heterocycles. The van der Waals surface area contributed by atoms with Crippen LogP contribution in [-0.4, -0.2) is 64.6 Å². The van der Waals surface area contributed by atoms with E-state index in [0.29, 0.717) is 25.4 Å². The van der Waals surface area contributed by atoms with Crippen molar-refractivity contribution in [2.45, 2.75) is 6.42 Å². The number of nitrogens with one attached hydrogen (secondary N) is 1. The molecule has 128 valence electrons. The monoisotopic (exact) mass is 339 g/mol. The fourth-order valence-electron chi connectivity index (χ4n) is 2.58. The Bertz CT molecular complexity index is 617. The molecular formula is C16H25N3O3S. The van der Waals surface area contributed by atoms with Crippen LogP contribution in [0.3, 0.4) is 0 Å². The van der Waals surface area contributed by atoms with Crippen molar-refractivity contribution in [1.82, 2.24) is 10.2 Å².